The van der Waals surface area contributed by atoms with Crippen LogP contribution in [0.4, 0.5) is 4.79 Å². The Kier molecular flexibility index (Phi) is 5.75. The third kappa shape index (κ3) is 3.95. The van der Waals surface area contributed by atoms with Gasteiger partial charge < -0.3 is 19.6 Å². The highest BCUT2D eigenvalue weighted by molar-refractivity contribution is 5.78. The number of hydrogen-bond acceptors (Lipinski definition) is 4. The SMILES string of the molecule is CN(C)[C@]1(c2ccccc2)CC[C@]2(CC1)CN(CC1(O)CCOCC1)C(=O)N2CC1CC1. The molecule has 1 N–H and O–H groups in total. The smallest absolute Gasteiger partial charge is 0.320 e. The van der Waals surface area contributed by atoms with E-state index in [1.165, 1.54) is 18.4 Å². The van der Waals surface area contributed by atoms with Crippen LogP contribution in [0.5, 0.6) is 0 Å². The second kappa shape index (κ2) is 8.30. The molecule has 0 atom stereocenters. The summed E-state index contributed by atoms with van der Waals surface area (Å²) in [6.45, 7) is 3.24. The van der Waals surface area contributed by atoms with Crippen molar-refractivity contribution < 1.29 is 14.6 Å². The van der Waals surface area contributed by atoms with Crippen molar-refractivity contribution in [3.8, 4) is 0 Å². The van der Waals surface area contributed by atoms with Crippen LogP contribution in [0, 0.1) is 5.92 Å². The van der Waals surface area contributed by atoms with Crippen LogP contribution < -0.4 is 0 Å². The summed E-state index contributed by atoms with van der Waals surface area (Å²) in [6.07, 6.45) is 7.83. The van der Waals surface area contributed by atoms with E-state index >= 15 is 0 Å². The minimum absolute atomic E-state index is 0.0210. The maximum Gasteiger partial charge on any atom is 0.320 e. The van der Waals surface area contributed by atoms with E-state index in [4.69, 9.17) is 4.74 Å². The number of urea groups is 1. The molecule has 4 fully saturated rings. The van der Waals surface area contributed by atoms with Crippen molar-refractivity contribution in [3.63, 3.8) is 0 Å². The van der Waals surface area contributed by atoms with Crippen LogP contribution in [-0.2, 0) is 10.3 Å². The summed E-state index contributed by atoms with van der Waals surface area (Å²) in [5.74, 6) is 0.664. The van der Waals surface area contributed by atoms with Crippen molar-refractivity contribution in [2.24, 2.45) is 5.92 Å². The lowest BCUT2D eigenvalue weighted by Crippen LogP contribution is -2.55. The molecule has 2 saturated carbocycles. The van der Waals surface area contributed by atoms with Gasteiger partial charge in [-0.15, -0.1) is 0 Å². The number of rotatable bonds is 6. The normalized spacial score (nSPS) is 32.8. The topological polar surface area (TPSA) is 56.2 Å². The predicted molar refractivity (Wildman–Crippen MR) is 124 cm³/mol. The summed E-state index contributed by atoms with van der Waals surface area (Å²) in [6, 6.07) is 11.0. The summed E-state index contributed by atoms with van der Waals surface area (Å²) >= 11 is 0. The Labute approximate surface area is 192 Å². The third-order valence-electron chi connectivity index (χ3n) is 8.78. The number of ether oxygens (including phenoxy) is 1. The van der Waals surface area contributed by atoms with Gasteiger partial charge in [-0.3, -0.25) is 4.90 Å². The molecule has 2 heterocycles. The fraction of sp³-hybridized carbons (Fsp3) is 0.731. The summed E-state index contributed by atoms with van der Waals surface area (Å²) in [7, 11) is 4.39. The van der Waals surface area contributed by atoms with Gasteiger partial charge in [0.05, 0.1) is 17.7 Å². The molecule has 1 aromatic carbocycles. The van der Waals surface area contributed by atoms with Gasteiger partial charge in [-0.2, -0.15) is 0 Å². The first kappa shape index (κ1) is 22.2. The van der Waals surface area contributed by atoms with Crippen molar-refractivity contribution in [1.82, 2.24) is 14.7 Å². The maximum atomic E-state index is 13.6. The quantitative estimate of drug-likeness (QED) is 0.735. The Hall–Kier alpha value is -1.63. The van der Waals surface area contributed by atoms with Gasteiger partial charge in [0, 0.05) is 44.7 Å². The number of carbonyl (C=O) groups excluding carboxylic acids is 1. The minimum Gasteiger partial charge on any atom is -0.388 e. The third-order valence-corrected chi connectivity index (χ3v) is 8.78. The summed E-state index contributed by atoms with van der Waals surface area (Å²) in [5.41, 5.74) is 0.491. The van der Waals surface area contributed by atoms with E-state index in [9.17, 15) is 9.90 Å². The number of carbonyl (C=O) groups is 1. The fourth-order valence-electron chi connectivity index (χ4n) is 6.40. The molecule has 0 aromatic heterocycles. The highest BCUT2D eigenvalue weighted by Crippen LogP contribution is 2.50. The van der Waals surface area contributed by atoms with Gasteiger partial charge in [0.25, 0.3) is 0 Å². The average molecular weight is 442 g/mol. The molecular weight excluding hydrogens is 402 g/mol. The van der Waals surface area contributed by atoms with Crippen molar-refractivity contribution >= 4 is 6.03 Å². The standard InChI is InChI=1S/C26H39N3O3/c1-27(2)26(22-6-4-3-5-7-22)12-10-24(11-13-26)19-28(20-25(31)14-16-32-17-15-25)23(30)29(24)18-21-8-9-21/h3-7,21,31H,8-20H2,1-2H3/t24-,26+. The number of benzene rings is 1. The summed E-state index contributed by atoms with van der Waals surface area (Å²) in [4.78, 5) is 20.2. The molecule has 6 nitrogen and oxygen atoms in total. The number of β-amino-alcohol motifs (C(OH)–C–C–N with tert-alkyl or cyclic N) is 1. The van der Waals surface area contributed by atoms with Crippen LogP contribution >= 0.6 is 0 Å². The molecule has 32 heavy (non-hydrogen) atoms. The second-order valence-electron chi connectivity index (χ2n) is 11.0. The van der Waals surface area contributed by atoms with Crippen molar-refractivity contribution in [1.29, 1.82) is 0 Å². The first-order chi connectivity index (χ1) is 15.4. The fourth-order valence-corrected chi connectivity index (χ4v) is 6.40. The van der Waals surface area contributed by atoms with Crippen LogP contribution in [-0.4, -0.2) is 83.9 Å². The number of nitrogens with zero attached hydrogens (tertiary/aromatic N) is 3. The molecule has 6 heteroatoms. The van der Waals surface area contributed by atoms with Crippen LogP contribution in [0.15, 0.2) is 30.3 Å². The van der Waals surface area contributed by atoms with Crippen molar-refractivity contribution in [2.75, 3.05) is 46.9 Å². The second-order valence-corrected chi connectivity index (χ2v) is 11.0. The van der Waals surface area contributed by atoms with Crippen LogP contribution in [0.3, 0.4) is 0 Å². The first-order valence-electron chi connectivity index (χ1n) is 12.5. The van der Waals surface area contributed by atoms with E-state index in [1.807, 2.05) is 4.90 Å². The molecule has 2 amide bonds. The van der Waals surface area contributed by atoms with Gasteiger partial charge in [-0.1, -0.05) is 30.3 Å². The molecule has 4 aliphatic rings. The van der Waals surface area contributed by atoms with Crippen molar-refractivity contribution in [3.05, 3.63) is 35.9 Å². The largest absolute Gasteiger partial charge is 0.388 e. The van der Waals surface area contributed by atoms with Gasteiger partial charge in [0.15, 0.2) is 0 Å². The highest BCUT2D eigenvalue weighted by Gasteiger charge is 2.56. The molecule has 176 valence electrons. The number of hydrogen-bond donors (Lipinski definition) is 1. The van der Waals surface area contributed by atoms with E-state index in [2.05, 4.69) is 54.2 Å². The Morgan fingerprint density at radius 1 is 1.03 bits per heavy atom. The van der Waals surface area contributed by atoms with E-state index in [-0.39, 0.29) is 17.1 Å². The molecular formula is C26H39N3O3. The molecule has 5 rings (SSSR count). The first-order valence-corrected chi connectivity index (χ1v) is 12.5. The van der Waals surface area contributed by atoms with Gasteiger partial charge in [0.2, 0.25) is 0 Å². The monoisotopic (exact) mass is 441 g/mol. The lowest BCUT2D eigenvalue weighted by atomic mass is 9.68. The minimum atomic E-state index is -0.809. The molecule has 0 radical (unpaired) electrons. The molecule has 0 bridgehead atoms. The number of aliphatic hydroxyl groups is 1. The molecule has 1 aromatic rings. The molecule has 2 aliphatic heterocycles. The lowest BCUT2D eigenvalue weighted by Gasteiger charge is -2.51. The van der Waals surface area contributed by atoms with E-state index in [0.29, 0.717) is 38.5 Å². The Morgan fingerprint density at radius 3 is 2.28 bits per heavy atom. The molecule has 1 spiro atoms. The zero-order valence-electron chi connectivity index (χ0n) is 19.8. The lowest BCUT2D eigenvalue weighted by molar-refractivity contribution is -0.0739. The van der Waals surface area contributed by atoms with Crippen LogP contribution in [0.1, 0.15) is 56.9 Å². The Morgan fingerprint density at radius 2 is 1.69 bits per heavy atom. The van der Waals surface area contributed by atoms with Gasteiger partial charge in [-0.25, -0.2) is 4.79 Å². The molecule has 0 unspecified atom stereocenters. The van der Waals surface area contributed by atoms with Gasteiger partial charge >= 0.3 is 6.03 Å². The molecule has 2 aliphatic carbocycles. The summed E-state index contributed by atoms with van der Waals surface area (Å²) < 4.78 is 5.46. The van der Waals surface area contributed by atoms with Crippen LogP contribution in [0.2, 0.25) is 0 Å². The van der Waals surface area contributed by atoms with E-state index in [0.717, 1.165) is 38.8 Å². The predicted octanol–water partition coefficient (Wildman–Crippen LogP) is 3.45. The maximum absolute atomic E-state index is 13.6. The van der Waals surface area contributed by atoms with E-state index < -0.39 is 5.60 Å². The molecule has 2 saturated heterocycles. The van der Waals surface area contributed by atoms with E-state index in [1.54, 1.807) is 0 Å². The average Bonchev–Trinajstić information content (AvgIpc) is 3.58. The Balaban J connectivity index is 1.38. The Bertz CT molecular complexity index is 809. The van der Waals surface area contributed by atoms with Gasteiger partial charge in [-0.05, 0) is 64.1 Å². The number of amides is 2. The van der Waals surface area contributed by atoms with Gasteiger partial charge in [0.1, 0.15) is 0 Å². The zero-order valence-corrected chi connectivity index (χ0v) is 19.8. The zero-order chi connectivity index (χ0) is 22.4. The van der Waals surface area contributed by atoms with Crippen molar-refractivity contribution in [2.45, 2.75) is 68.0 Å². The highest BCUT2D eigenvalue weighted by atomic mass is 16.5. The van der Waals surface area contributed by atoms with Crippen LogP contribution in [0.25, 0.3) is 0 Å². The summed E-state index contributed by atoms with van der Waals surface area (Å²) in [5, 5.41) is 11.1.